The molecule has 1 aromatic carbocycles. The molecule has 5 N–H and O–H groups in total. The van der Waals surface area contributed by atoms with E-state index in [1.54, 1.807) is 0 Å². The topological polar surface area (TPSA) is 92.6 Å². The van der Waals surface area contributed by atoms with Gasteiger partial charge in [0.05, 0.1) is 5.56 Å². The van der Waals surface area contributed by atoms with Gasteiger partial charge in [-0.2, -0.15) is 0 Å². The lowest BCUT2D eigenvalue weighted by Crippen LogP contribution is -2.02. The summed E-state index contributed by atoms with van der Waals surface area (Å²) in [6, 6.07) is 4.30. The molecule has 5 nitrogen and oxygen atoms in total. The summed E-state index contributed by atoms with van der Waals surface area (Å²) in [5, 5.41) is 8.54. The first-order valence-electron chi connectivity index (χ1n) is 4.33. The summed E-state index contributed by atoms with van der Waals surface area (Å²) in [7, 11) is 6.00. The minimum absolute atomic E-state index is 0.0826. The van der Waals surface area contributed by atoms with Crippen LogP contribution in [-0.4, -0.2) is 37.1 Å². The number of rotatable bonds is 1. The average Bonchev–Trinajstić information content (AvgIpc) is 2.01. The molecule has 0 amide bonds. The van der Waals surface area contributed by atoms with Crippen molar-refractivity contribution in [3.8, 4) is 0 Å². The number of anilines is 2. The summed E-state index contributed by atoms with van der Waals surface area (Å²) in [4.78, 5) is 12.4. The number of carboxylic acids is 1. The lowest BCUT2D eigenvalue weighted by atomic mass is 10.1. The molecule has 0 aliphatic rings. The van der Waals surface area contributed by atoms with E-state index in [9.17, 15) is 4.79 Å². The lowest BCUT2D eigenvalue weighted by molar-refractivity contribution is 0.0698. The molecular weight excluding hydrogens is 194 g/mol. The highest BCUT2D eigenvalue weighted by atomic mass is 16.4. The molecule has 84 valence electrons. The molecule has 0 heterocycles. The van der Waals surface area contributed by atoms with Crippen molar-refractivity contribution < 1.29 is 9.90 Å². The second kappa shape index (κ2) is 5.87. The largest absolute Gasteiger partial charge is 0.478 e. The smallest absolute Gasteiger partial charge is 0.337 e. The number of nitrogens with two attached hydrogens (primary N) is 2. The van der Waals surface area contributed by atoms with Crippen molar-refractivity contribution in [1.82, 2.24) is 4.90 Å². The van der Waals surface area contributed by atoms with Crippen molar-refractivity contribution in [3.05, 3.63) is 23.8 Å². The van der Waals surface area contributed by atoms with Gasteiger partial charge in [0.1, 0.15) is 0 Å². The van der Waals surface area contributed by atoms with E-state index in [4.69, 9.17) is 16.6 Å². The van der Waals surface area contributed by atoms with Gasteiger partial charge in [0, 0.05) is 11.4 Å². The van der Waals surface area contributed by atoms with Crippen LogP contribution in [0.2, 0.25) is 0 Å². The first kappa shape index (κ1) is 13.2. The predicted octanol–water partition coefficient (Wildman–Crippen LogP) is 0.727. The van der Waals surface area contributed by atoms with Gasteiger partial charge in [-0.15, -0.1) is 0 Å². The maximum Gasteiger partial charge on any atom is 0.337 e. The molecule has 0 aromatic heterocycles. The van der Waals surface area contributed by atoms with Gasteiger partial charge >= 0.3 is 5.97 Å². The highest BCUT2D eigenvalue weighted by molar-refractivity contribution is 5.94. The van der Waals surface area contributed by atoms with Gasteiger partial charge in [-0.25, -0.2) is 4.79 Å². The maximum absolute atomic E-state index is 10.4. The van der Waals surface area contributed by atoms with Crippen LogP contribution in [0.3, 0.4) is 0 Å². The van der Waals surface area contributed by atoms with E-state index in [0.717, 1.165) is 0 Å². The van der Waals surface area contributed by atoms with E-state index in [2.05, 4.69) is 0 Å². The van der Waals surface area contributed by atoms with Gasteiger partial charge in [-0.3, -0.25) is 0 Å². The zero-order chi connectivity index (χ0) is 12.0. The quantitative estimate of drug-likeness (QED) is 0.595. The lowest BCUT2D eigenvalue weighted by Gasteiger charge is -1.99. The van der Waals surface area contributed by atoms with Gasteiger partial charge in [0.15, 0.2) is 0 Å². The van der Waals surface area contributed by atoms with E-state index in [-0.39, 0.29) is 11.3 Å². The summed E-state index contributed by atoms with van der Waals surface area (Å²) < 4.78 is 0. The molecular formula is C10H17N3O2. The number of benzene rings is 1. The maximum atomic E-state index is 10.4. The molecule has 0 unspecified atom stereocenters. The Bertz CT molecular complexity index is 335. The second-order valence-electron chi connectivity index (χ2n) is 3.49. The monoisotopic (exact) mass is 211 g/mol. The Kier molecular flexibility index (Phi) is 5.19. The van der Waals surface area contributed by atoms with Crippen LogP contribution >= 0.6 is 0 Å². The Morgan fingerprint density at radius 3 is 2.07 bits per heavy atom. The number of nitrogens with zero attached hydrogens (tertiary/aromatic N) is 1. The van der Waals surface area contributed by atoms with E-state index in [1.807, 2.05) is 26.0 Å². The molecule has 0 saturated heterocycles. The third-order valence-electron chi connectivity index (χ3n) is 1.31. The fourth-order valence-corrected chi connectivity index (χ4v) is 0.776. The first-order chi connectivity index (χ1) is 6.84. The molecule has 0 radical (unpaired) electrons. The second-order valence-corrected chi connectivity index (χ2v) is 3.49. The molecule has 0 bridgehead atoms. The highest BCUT2D eigenvalue weighted by Gasteiger charge is 2.05. The molecule has 0 aliphatic carbocycles. The van der Waals surface area contributed by atoms with Crippen LogP contribution in [0.5, 0.6) is 0 Å². The summed E-state index contributed by atoms with van der Waals surface area (Å²) in [6.45, 7) is 0. The number of aromatic carboxylic acids is 1. The molecule has 15 heavy (non-hydrogen) atoms. The highest BCUT2D eigenvalue weighted by Crippen LogP contribution is 2.14. The Labute approximate surface area is 89.3 Å². The van der Waals surface area contributed by atoms with Gasteiger partial charge < -0.3 is 21.5 Å². The fourth-order valence-electron chi connectivity index (χ4n) is 0.776. The van der Waals surface area contributed by atoms with Gasteiger partial charge in [-0.05, 0) is 39.3 Å². The Balaban J connectivity index is 0.000000423. The summed E-state index contributed by atoms with van der Waals surface area (Å²) in [5.74, 6) is -1.04. The first-order valence-corrected chi connectivity index (χ1v) is 4.33. The Hall–Kier alpha value is -1.75. The summed E-state index contributed by atoms with van der Waals surface area (Å²) in [5.41, 5.74) is 11.5. The molecule has 5 heteroatoms. The van der Waals surface area contributed by atoms with Crippen molar-refractivity contribution >= 4 is 17.3 Å². The van der Waals surface area contributed by atoms with E-state index >= 15 is 0 Å². The number of carboxylic acid groups (broad SMARTS) is 1. The van der Waals surface area contributed by atoms with Crippen LogP contribution in [-0.2, 0) is 0 Å². The molecule has 0 atom stereocenters. The number of carbonyl (C=O) groups is 1. The van der Waals surface area contributed by atoms with Crippen molar-refractivity contribution in [2.45, 2.75) is 0 Å². The van der Waals surface area contributed by atoms with Crippen LogP contribution in [0.15, 0.2) is 18.2 Å². The zero-order valence-electron chi connectivity index (χ0n) is 9.19. The third-order valence-corrected chi connectivity index (χ3v) is 1.31. The van der Waals surface area contributed by atoms with Crippen LogP contribution in [0.1, 0.15) is 10.4 Å². The Morgan fingerprint density at radius 2 is 1.73 bits per heavy atom. The van der Waals surface area contributed by atoms with E-state index < -0.39 is 5.97 Å². The third kappa shape index (κ3) is 5.53. The fraction of sp³-hybridized carbons (Fsp3) is 0.300. The van der Waals surface area contributed by atoms with Crippen LogP contribution in [0.4, 0.5) is 11.4 Å². The standard InChI is InChI=1S/C7H8N2O2.C3H9N/c8-4-1-2-5(7(10)11)6(9)3-4;1-4(2)3/h1-3H,8-9H2,(H,10,11);1-3H3. The predicted molar refractivity (Wildman–Crippen MR) is 61.8 cm³/mol. The molecule has 0 saturated carbocycles. The molecule has 1 aromatic rings. The minimum atomic E-state index is -1.04. The van der Waals surface area contributed by atoms with Crippen LogP contribution in [0.25, 0.3) is 0 Å². The Morgan fingerprint density at radius 1 is 1.27 bits per heavy atom. The summed E-state index contributed by atoms with van der Waals surface area (Å²) in [6.07, 6.45) is 0. The van der Waals surface area contributed by atoms with Gasteiger partial charge in [0.2, 0.25) is 0 Å². The molecule has 0 spiro atoms. The molecule has 1 rings (SSSR count). The average molecular weight is 211 g/mol. The molecule has 0 fully saturated rings. The number of nitrogen functional groups attached to an aromatic ring is 2. The number of hydrogen-bond donors (Lipinski definition) is 3. The van der Waals surface area contributed by atoms with Gasteiger partial charge in [-0.1, -0.05) is 0 Å². The van der Waals surface area contributed by atoms with Crippen molar-refractivity contribution in [1.29, 1.82) is 0 Å². The van der Waals surface area contributed by atoms with Crippen LogP contribution in [0, 0.1) is 0 Å². The van der Waals surface area contributed by atoms with E-state index in [0.29, 0.717) is 5.69 Å². The zero-order valence-corrected chi connectivity index (χ0v) is 9.19. The van der Waals surface area contributed by atoms with Crippen molar-refractivity contribution in [3.63, 3.8) is 0 Å². The molecule has 0 aliphatic heterocycles. The minimum Gasteiger partial charge on any atom is -0.478 e. The van der Waals surface area contributed by atoms with E-state index in [1.165, 1.54) is 18.2 Å². The summed E-state index contributed by atoms with van der Waals surface area (Å²) >= 11 is 0. The number of hydrogen-bond acceptors (Lipinski definition) is 4. The normalized spacial score (nSPS) is 9.33. The van der Waals surface area contributed by atoms with Crippen LogP contribution < -0.4 is 11.5 Å². The van der Waals surface area contributed by atoms with Crippen molar-refractivity contribution in [2.24, 2.45) is 0 Å². The van der Waals surface area contributed by atoms with Gasteiger partial charge in [0.25, 0.3) is 0 Å². The van der Waals surface area contributed by atoms with Crippen molar-refractivity contribution in [2.75, 3.05) is 32.6 Å². The SMILES string of the molecule is CN(C)C.Nc1ccc(C(=O)O)c(N)c1.